The van der Waals surface area contributed by atoms with Crippen LogP contribution in [0.5, 0.6) is 0 Å². The predicted octanol–water partition coefficient (Wildman–Crippen LogP) is 3.40. The maximum Gasteiger partial charge on any atom is 0.241 e. The fraction of sp³-hybridized carbons (Fsp3) is 0.231. The standard InChI is InChI=1S/C13H10ClF2N5/c1-6(2)21-5-18-11-9(21)3-8(19-12(11)16)10-7(15)4-17-13(14)20-10/h3-6H,1-2H3. The molecule has 0 N–H and O–H groups in total. The lowest BCUT2D eigenvalue weighted by atomic mass is 10.2. The van der Waals surface area contributed by atoms with Crippen molar-refractivity contribution < 1.29 is 8.78 Å². The molecular formula is C13H10ClF2N5. The first-order chi connectivity index (χ1) is 9.97. The van der Waals surface area contributed by atoms with E-state index in [1.54, 1.807) is 4.57 Å². The number of fused-ring (bicyclic) bond motifs is 1. The Morgan fingerprint density at radius 2 is 1.95 bits per heavy atom. The van der Waals surface area contributed by atoms with Crippen LogP contribution < -0.4 is 0 Å². The summed E-state index contributed by atoms with van der Waals surface area (Å²) in [6, 6.07) is 1.61. The lowest BCUT2D eigenvalue weighted by Crippen LogP contribution is -2.01. The van der Waals surface area contributed by atoms with Crippen molar-refractivity contribution >= 4 is 22.6 Å². The van der Waals surface area contributed by atoms with Gasteiger partial charge >= 0.3 is 0 Å². The first-order valence-corrected chi connectivity index (χ1v) is 6.56. The first-order valence-electron chi connectivity index (χ1n) is 6.19. The van der Waals surface area contributed by atoms with Gasteiger partial charge in [0.05, 0.1) is 23.7 Å². The molecule has 0 saturated heterocycles. The summed E-state index contributed by atoms with van der Waals surface area (Å²) in [7, 11) is 0. The number of halogens is 3. The van der Waals surface area contributed by atoms with Gasteiger partial charge in [-0.1, -0.05) is 0 Å². The van der Waals surface area contributed by atoms with Gasteiger partial charge in [0, 0.05) is 6.04 Å². The monoisotopic (exact) mass is 309 g/mol. The van der Waals surface area contributed by atoms with E-state index in [1.807, 2.05) is 13.8 Å². The highest BCUT2D eigenvalue weighted by molar-refractivity contribution is 6.28. The largest absolute Gasteiger partial charge is 0.328 e. The Balaban J connectivity index is 2.28. The summed E-state index contributed by atoms with van der Waals surface area (Å²) >= 11 is 5.66. The van der Waals surface area contributed by atoms with E-state index < -0.39 is 11.8 Å². The molecule has 108 valence electrons. The molecule has 0 radical (unpaired) electrons. The summed E-state index contributed by atoms with van der Waals surface area (Å²) in [6.07, 6.45) is 2.45. The van der Waals surface area contributed by atoms with Crippen molar-refractivity contribution in [3.8, 4) is 11.4 Å². The van der Waals surface area contributed by atoms with E-state index in [2.05, 4.69) is 19.9 Å². The molecule has 0 fully saturated rings. The molecule has 0 aliphatic rings. The second-order valence-electron chi connectivity index (χ2n) is 4.75. The maximum atomic E-state index is 14.1. The Bertz CT molecular complexity index is 831. The van der Waals surface area contributed by atoms with E-state index in [0.29, 0.717) is 5.52 Å². The third kappa shape index (κ3) is 2.33. The summed E-state index contributed by atoms with van der Waals surface area (Å²) in [5.74, 6) is -1.50. The van der Waals surface area contributed by atoms with Crippen molar-refractivity contribution in [2.24, 2.45) is 0 Å². The molecule has 21 heavy (non-hydrogen) atoms. The van der Waals surface area contributed by atoms with Gasteiger partial charge in [-0.15, -0.1) is 0 Å². The molecule has 3 rings (SSSR count). The molecule has 0 aromatic carbocycles. The molecule has 0 spiro atoms. The highest BCUT2D eigenvalue weighted by Gasteiger charge is 2.17. The van der Waals surface area contributed by atoms with Crippen LogP contribution >= 0.6 is 11.6 Å². The van der Waals surface area contributed by atoms with E-state index in [1.165, 1.54) is 12.4 Å². The van der Waals surface area contributed by atoms with Crippen LogP contribution in [0.3, 0.4) is 0 Å². The number of pyridine rings is 1. The summed E-state index contributed by atoms with van der Waals surface area (Å²) in [5, 5.41) is -0.133. The molecule has 0 aliphatic carbocycles. The zero-order valence-electron chi connectivity index (χ0n) is 11.2. The van der Waals surface area contributed by atoms with Crippen LogP contribution in [-0.4, -0.2) is 24.5 Å². The Hall–Kier alpha value is -2.15. The predicted molar refractivity (Wildman–Crippen MR) is 73.9 cm³/mol. The third-order valence-corrected chi connectivity index (χ3v) is 3.22. The zero-order valence-corrected chi connectivity index (χ0v) is 11.9. The van der Waals surface area contributed by atoms with Crippen LogP contribution in [0.25, 0.3) is 22.4 Å². The lowest BCUT2D eigenvalue weighted by molar-refractivity contribution is 0.590. The summed E-state index contributed by atoms with van der Waals surface area (Å²) in [6.45, 7) is 3.86. The smallest absolute Gasteiger partial charge is 0.241 e. The molecule has 0 atom stereocenters. The minimum atomic E-state index is -0.781. The van der Waals surface area contributed by atoms with Crippen molar-refractivity contribution in [2.45, 2.75) is 19.9 Å². The number of hydrogen-bond acceptors (Lipinski definition) is 4. The van der Waals surface area contributed by atoms with Crippen LogP contribution in [0.1, 0.15) is 19.9 Å². The van der Waals surface area contributed by atoms with Crippen LogP contribution in [-0.2, 0) is 0 Å². The molecular weight excluding hydrogens is 300 g/mol. The van der Waals surface area contributed by atoms with Gasteiger partial charge in [-0.25, -0.2) is 24.3 Å². The van der Waals surface area contributed by atoms with Gasteiger partial charge in [-0.2, -0.15) is 4.39 Å². The molecule has 3 aromatic heterocycles. The van der Waals surface area contributed by atoms with Crippen molar-refractivity contribution in [1.29, 1.82) is 0 Å². The second-order valence-corrected chi connectivity index (χ2v) is 5.09. The molecule has 3 aromatic rings. The maximum absolute atomic E-state index is 14.1. The SMILES string of the molecule is CC(C)n1cnc2c(F)nc(-c3nc(Cl)ncc3F)cc21. The van der Waals surface area contributed by atoms with Crippen LogP contribution in [0, 0.1) is 11.8 Å². The summed E-state index contributed by atoms with van der Waals surface area (Å²) < 4.78 is 29.6. The average Bonchev–Trinajstić information content (AvgIpc) is 2.86. The van der Waals surface area contributed by atoms with Gasteiger partial charge in [0.2, 0.25) is 11.2 Å². The zero-order chi connectivity index (χ0) is 15.1. The van der Waals surface area contributed by atoms with Crippen molar-refractivity contribution in [3.63, 3.8) is 0 Å². The molecule has 0 aliphatic heterocycles. The molecule has 3 heterocycles. The fourth-order valence-corrected chi connectivity index (χ4v) is 2.18. The minimum Gasteiger partial charge on any atom is -0.328 e. The van der Waals surface area contributed by atoms with Gasteiger partial charge in [0.15, 0.2) is 5.82 Å². The number of rotatable bonds is 2. The van der Waals surface area contributed by atoms with Gasteiger partial charge < -0.3 is 4.57 Å². The Morgan fingerprint density at radius 1 is 1.19 bits per heavy atom. The Morgan fingerprint density at radius 3 is 2.67 bits per heavy atom. The van der Waals surface area contributed by atoms with Crippen molar-refractivity contribution in [2.75, 3.05) is 0 Å². The van der Waals surface area contributed by atoms with Crippen LogP contribution in [0.2, 0.25) is 5.28 Å². The van der Waals surface area contributed by atoms with Crippen LogP contribution in [0.4, 0.5) is 8.78 Å². The summed E-state index contributed by atoms with van der Waals surface area (Å²) in [4.78, 5) is 15.0. The quantitative estimate of drug-likeness (QED) is 0.538. The number of hydrogen-bond donors (Lipinski definition) is 0. The molecule has 0 bridgehead atoms. The minimum absolute atomic E-state index is 0.0456. The lowest BCUT2D eigenvalue weighted by Gasteiger charge is -2.09. The van der Waals surface area contributed by atoms with E-state index in [0.717, 1.165) is 6.20 Å². The van der Waals surface area contributed by atoms with E-state index in [9.17, 15) is 8.78 Å². The number of imidazole rings is 1. The van der Waals surface area contributed by atoms with Gasteiger partial charge in [-0.05, 0) is 31.5 Å². The third-order valence-electron chi connectivity index (χ3n) is 3.03. The number of nitrogens with zero attached hydrogens (tertiary/aromatic N) is 5. The van der Waals surface area contributed by atoms with Gasteiger partial charge in [0.25, 0.3) is 0 Å². The van der Waals surface area contributed by atoms with Crippen molar-refractivity contribution in [1.82, 2.24) is 24.5 Å². The molecule has 0 amide bonds. The van der Waals surface area contributed by atoms with Crippen LogP contribution in [0.15, 0.2) is 18.6 Å². The second kappa shape index (κ2) is 5.00. The van der Waals surface area contributed by atoms with E-state index in [4.69, 9.17) is 11.6 Å². The molecule has 8 heteroatoms. The molecule has 0 unspecified atom stereocenters. The number of aromatic nitrogens is 5. The highest BCUT2D eigenvalue weighted by Crippen LogP contribution is 2.26. The molecule has 5 nitrogen and oxygen atoms in total. The first kappa shape index (κ1) is 13.8. The summed E-state index contributed by atoms with van der Waals surface area (Å²) in [5.41, 5.74) is 0.547. The normalized spacial score (nSPS) is 11.5. The van der Waals surface area contributed by atoms with Gasteiger partial charge in [0.1, 0.15) is 11.2 Å². The highest BCUT2D eigenvalue weighted by atomic mass is 35.5. The van der Waals surface area contributed by atoms with E-state index in [-0.39, 0.29) is 28.2 Å². The fourth-order valence-electron chi connectivity index (χ4n) is 2.05. The van der Waals surface area contributed by atoms with E-state index >= 15 is 0 Å². The van der Waals surface area contributed by atoms with Crippen molar-refractivity contribution in [3.05, 3.63) is 35.6 Å². The Labute approximate surface area is 123 Å². The average molecular weight is 310 g/mol. The topological polar surface area (TPSA) is 56.5 Å². The Kier molecular flexibility index (Phi) is 3.29. The van der Waals surface area contributed by atoms with Gasteiger partial charge in [-0.3, -0.25) is 0 Å². The molecule has 0 saturated carbocycles.